The molecule has 7 nitrogen and oxygen atoms in total. The molecular formula is C25H30N2O5. The Labute approximate surface area is 188 Å². The third-order valence-corrected chi connectivity index (χ3v) is 5.01. The van der Waals surface area contributed by atoms with Gasteiger partial charge in [-0.25, -0.2) is 0 Å². The van der Waals surface area contributed by atoms with Crippen LogP contribution in [0.4, 0.5) is 0 Å². The summed E-state index contributed by atoms with van der Waals surface area (Å²) in [5, 5.41) is 17.2. The van der Waals surface area contributed by atoms with Crippen LogP contribution in [0.5, 0.6) is 17.2 Å². The lowest BCUT2D eigenvalue weighted by Gasteiger charge is -2.14. The smallest absolute Gasteiger partial charge is 0.306 e. The first-order valence-corrected chi connectivity index (χ1v) is 11.0. The molecule has 0 atom stereocenters. The minimum atomic E-state index is -0.177. The number of carbonyl (C=O) groups excluding carboxylic acids is 1. The Hall–Kier alpha value is -3.48. The van der Waals surface area contributed by atoms with Crippen molar-refractivity contribution in [3.63, 3.8) is 0 Å². The van der Waals surface area contributed by atoms with Gasteiger partial charge in [-0.05, 0) is 55.2 Å². The Balaban J connectivity index is 1.43. The lowest BCUT2D eigenvalue weighted by molar-refractivity contribution is -0.143. The van der Waals surface area contributed by atoms with Gasteiger partial charge in [0.05, 0.1) is 25.5 Å². The number of nitrogens with zero attached hydrogens (tertiary/aromatic N) is 1. The van der Waals surface area contributed by atoms with Crippen LogP contribution in [-0.4, -0.2) is 41.1 Å². The summed E-state index contributed by atoms with van der Waals surface area (Å²) in [4.78, 5) is 11.4. The molecule has 0 aliphatic carbocycles. The molecule has 0 aliphatic heterocycles. The summed E-state index contributed by atoms with van der Waals surface area (Å²) in [5.74, 6) is 1.43. The van der Waals surface area contributed by atoms with Crippen molar-refractivity contribution >= 4 is 5.97 Å². The number of aromatic amines is 1. The normalized spacial score (nSPS) is 10.7. The van der Waals surface area contributed by atoms with Crippen molar-refractivity contribution in [2.45, 2.75) is 39.5 Å². The van der Waals surface area contributed by atoms with E-state index in [-0.39, 0.29) is 11.7 Å². The van der Waals surface area contributed by atoms with Crippen molar-refractivity contribution in [2.24, 2.45) is 0 Å². The molecule has 0 amide bonds. The molecule has 170 valence electrons. The number of hydrogen-bond acceptors (Lipinski definition) is 6. The van der Waals surface area contributed by atoms with Crippen molar-refractivity contribution in [1.29, 1.82) is 0 Å². The molecule has 2 aromatic carbocycles. The molecular weight excluding hydrogens is 408 g/mol. The number of nitrogens with one attached hydrogen (secondary N) is 1. The molecule has 0 saturated carbocycles. The summed E-state index contributed by atoms with van der Waals surface area (Å²) in [6, 6.07) is 13.1. The first kappa shape index (κ1) is 23.2. The largest absolute Gasteiger partial charge is 0.507 e. The average Bonchev–Trinajstić information content (AvgIpc) is 3.33. The van der Waals surface area contributed by atoms with Gasteiger partial charge in [0.1, 0.15) is 17.2 Å². The van der Waals surface area contributed by atoms with Crippen LogP contribution in [0, 0.1) is 0 Å². The van der Waals surface area contributed by atoms with Gasteiger partial charge in [-0.2, -0.15) is 5.10 Å². The maximum atomic E-state index is 11.4. The van der Waals surface area contributed by atoms with E-state index in [1.165, 1.54) is 0 Å². The van der Waals surface area contributed by atoms with Gasteiger partial charge in [-0.1, -0.05) is 19.1 Å². The van der Waals surface area contributed by atoms with Crippen LogP contribution in [0.15, 0.2) is 48.7 Å². The summed E-state index contributed by atoms with van der Waals surface area (Å²) in [6.45, 7) is 5.26. The van der Waals surface area contributed by atoms with Crippen molar-refractivity contribution in [1.82, 2.24) is 10.2 Å². The standard InChI is InChI=1S/C25H30N2O5/c1-3-19-16-21(22-12-13-26-27-22)23(28)17-24(19)32-15-5-14-31-20-9-6-18(7-10-20)8-11-25(29)30-4-2/h6-7,9-10,12-13,16-17,28H,3-5,8,11,14-15H2,1-2H3,(H,26,27). The van der Waals surface area contributed by atoms with E-state index in [9.17, 15) is 9.90 Å². The molecule has 1 heterocycles. The number of ether oxygens (including phenoxy) is 3. The maximum Gasteiger partial charge on any atom is 0.306 e. The number of H-pyrrole nitrogens is 1. The number of aromatic hydroxyl groups is 1. The average molecular weight is 439 g/mol. The maximum absolute atomic E-state index is 11.4. The number of phenolic OH excluding ortho intramolecular Hbond substituents is 1. The quantitative estimate of drug-likeness (QED) is 0.315. The zero-order chi connectivity index (χ0) is 22.8. The minimum Gasteiger partial charge on any atom is -0.507 e. The third-order valence-electron chi connectivity index (χ3n) is 5.01. The zero-order valence-electron chi connectivity index (χ0n) is 18.6. The SMILES string of the molecule is CCOC(=O)CCc1ccc(OCCCOc2cc(O)c(-c3ccn[nH]3)cc2CC)cc1. The summed E-state index contributed by atoms with van der Waals surface area (Å²) in [5.41, 5.74) is 3.57. The highest BCUT2D eigenvalue weighted by Crippen LogP contribution is 2.34. The molecule has 0 saturated heterocycles. The molecule has 2 N–H and O–H groups in total. The Bertz CT molecular complexity index is 984. The van der Waals surface area contributed by atoms with Crippen molar-refractivity contribution in [2.75, 3.05) is 19.8 Å². The number of esters is 1. The molecule has 32 heavy (non-hydrogen) atoms. The van der Waals surface area contributed by atoms with Gasteiger partial charge in [0.15, 0.2) is 0 Å². The second-order valence-corrected chi connectivity index (χ2v) is 7.30. The summed E-state index contributed by atoms with van der Waals surface area (Å²) >= 11 is 0. The van der Waals surface area contributed by atoms with Crippen LogP contribution < -0.4 is 9.47 Å². The second-order valence-electron chi connectivity index (χ2n) is 7.30. The van der Waals surface area contributed by atoms with Gasteiger partial charge in [-0.3, -0.25) is 9.89 Å². The summed E-state index contributed by atoms with van der Waals surface area (Å²) in [6.07, 6.45) is 4.18. The van der Waals surface area contributed by atoms with Crippen LogP contribution in [0.1, 0.15) is 37.8 Å². The fraction of sp³-hybridized carbons (Fsp3) is 0.360. The third kappa shape index (κ3) is 6.51. The minimum absolute atomic E-state index is 0.153. The molecule has 0 unspecified atom stereocenters. The summed E-state index contributed by atoms with van der Waals surface area (Å²) < 4.78 is 16.6. The molecule has 1 aromatic heterocycles. The van der Waals surface area contributed by atoms with Crippen LogP contribution in [0.25, 0.3) is 11.3 Å². The number of aromatic nitrogens is 2. The number of rotatable bonds is 12. The van der Waals surface area contributed by atoms with E-state index in [1.807, 2.05) is 36.4 Å². The van der Waals surface area contributed by atoms with E-state index in [0.29, 0.717) is 50.4 Å². The monoisotopic (exact) mass is 438 g/mol. The number of carbonyl (C=O) groups is 1. The zero-order valence-corrected chi connectivity index (χ0v) is 18.6. The lowest BCUT2D eigenvalue weighted by atomic mass is 10.0. The molecule has 0 spiro atoms. The van der Waals surface area contributed by atoms with E-state index in [4.69, 9.17) is 14.2 Å². The van der Waals surface area contributed by atoms with Crippen LogP contribution in [0.2, 0.25) is 0 Å². The van der Waals surface area contributed by atoms with Gasteiger partial charge in [0.25, 0.3) is 0 Å². The Morgan fingerprint density at radius 1 is 1.06 bits per heavy atom. The lowest BCUT2D eigenvalue weighted by Crippen LogP contribution is -2.06. The Morgan fingerprint density at radius 3 is 2.53 bits per heavy atom. The van der Waals surface area contributed by atoms with E-state index in [0.717, 1.165) is 29.0 Å². The van der Waals surface area contributed by atoms with Crippen molar-refractivity contribution in [3.05, 3.63) is 59.8 Å². The molecule has 0 radical (unpaired) electrons. The van der Waals surface area contributed by atoms with Crippen LogP contribution in [0.3, 0.4) is 0 Å². The van der Waals surface area contributed by atoms with Crippen LogP contribution in [-0.2, 0) is 22.4 Å². The van der Waals surface area contributed by atoms with Gasteiger partial charge in [0.2, 0.25) is 0 Å². The summed E-state index contributed by atoms with van der Waals surface area (Å²) in [7, 11) is 0. The molecule has 0 aliphatic rings. The Morgan fingerprint density at radius 2 is 1.84 bits per heavy atom. The number of aryl methyl sites for hydroxylation is 2. The van der Waals surface area contributed by atoms with Gasteiger partial charge in [-0.15, -0.1) is 0 Å². The van der Waals surface area contributed by atoms with Gasteiger partial charge >= 0.3 is 5.97 Å². The highest BCUT2D eigenvalue weighted by molar-refractivity contribution is 5.70. The highest BCUT2D eigenvalue weighted by atomic mass is 16.5. The second kappa shape index (κ2) is 11.8. The molecule has 3 aromatic rings. The number of benzene rings is 2. The topological polar surface area (TPSA) is 93.7 Å². The van der Waals surface area contributed by atoms with Gasteiger partial charge < -0.3 is 19.3 Å². The molecule has 0 fully saturated rings. The van der Waals surface area contributed by atoms with Gasteiger partial charge in [0, 0.05) is 30.7 Å². The Kier molecular flexibility index (Phi) is 8.54. The van der Waals surface area contributed by atoms with E-state index in [1.54, 1.807) is 19.2 Å². The van der Waals surface area contributed by atoms with E-state index >= 15 is 0 Å². The molecule has 3 rings (SSSR count). The van der Waals surface area contributed by atoms with Crippen molar-refractivity contribution < 1.29 is 24.1 Å². The van der Waals surface area contributed by atoms with Crippen molar-refractivity contribution in [3.8, 4) is 28.5 Å². The predicted octanol–water partition coefficient (Wildman–Crippen LogP) is 4.69. The molecule has 7 heteroatoms. The van der Waals surface area contributed by atoms with E-state index < -0.39 is 0 Å². The first-order chi connectivity index (χ1) is 15.6. The number of hydrogen-bond donors (Lipinski definition) is 2. The predicted molar refractivity (Wildman–Crippen MR) is 122 cm³/mol. The highest BCUT2D eigenvalue weighted by Gasteiger charge is 2.12. The van der Waals surface area contributed by atoms with E-state index in [2.05, 4.69) is 17.1 Å². The fourth-order valence-electron chi connectivity index (χ4n) is 3.31. The van der Waals surface area contributed by atoms with Crippen LogP contribution >= 0.6 is 0 Å². The molecule has 0 bridgehead atoms. The fourth-order valence-corrected chi connectivity index (χ4v) is 3.31. The first-order valence-electron chi connectivity index (χ1n) is 11.0. The number of phenols is 1.